The molecule has 7 nitrogen and oxygen atoms in total. The van der Waals surface area contributed by atoms with Crippen LogP contribution in [0.4, 0.5) is 14.6 Å². The average molecular weight is 398 g/mol. The van der Waals surface area contributed by atoms with Crippen LogP contribution in [0.5, 0.6) is 11.5 Å². The smallest absolute Gasteiger partial charge is 0.246 e. The van der Waals surface area contributed by atoms with Gasteiger partial charge in [-0.05, 0) is 37.6 Å². The third-order valence-corrected chi connectivity index (χ3v) is 5.14. The highest BCUT2D eigenvalue weighted by Crippen LogP contribution is 2.38. The molecule has 1 aromatic rings. The summed E-state index contributed by atoms with van der Waals surface area (Å²) in [5, 5.41) is 6.59. The third-order valence-electron chi connectivity index (χ3n) is 5.14. The van der Waals surface area contributed by atoms with Crippen molar-refractivity contribution in [3.8, 4) is 22.9 Å². The molecule has 1 aromatic carbocycles. The first kappa shape index (κ1) is 18.0. The molecule has 0 bridgehead atoms. The second kappa shape index (κ2) is 7.40. The number of fused-ring (bicyclic) bond motifs is 3. The minimum Gasteiger partial charge on any atom is -0.450 e. The Kier molecular flexibility index (Phi) is 4.59. The fourth-order valence-electron chi connectivity index (χ4n) is 3.75. The zero-order chi connectivity index (χ0) is 19.8. The molecule has 1 saturated heterocycles. The van der Waals surface area contributed by atoms with Crippen molar-refractivity contribution in [3.05, 3.63) is 47.7 Å². The first-order valence-electron chi connectivity index (χ1n) is 9.69. The average Bonchev–Trinajstić information content (AvgIpc) is 3.22. The van der Waals surface area contributed by atoms with Crippen LogP contribution in [0.25, 0.3) is 11.4 Å². The largest absolute Gasteiger partial charge is 0.450 e. The van der Waals surface area contributed by atoms with Crippen LogP contribution < -0.4 is 21.0 Å². The van der Waals surface area contributed by atoms with Crippen LogP contribution in [-0.4, -0.2) is 40.2 Å². The van der Waals surface area contributed by atoms with Crippen molar-refractivity contribution in [3.63, 3.8) is 0 Å². The van der Waals surface area contributed by atoms with Gasteiger partial charge in [-0.25, -0.2) is 18.8 Å². The summed E-state index contributed by atoms with van der Waals surface area (Å²) in [6, 6.07) is 5.18. The van der Waals surface area contributed by atoms with Crippen molar-refractivity contribution in [2.45, 2.75) is 25.4 Å². The summed E-state index contributed by atoms with van der Waals surface area (Å²) in [6.45, 7) is 3.25. The summed E-state index contributed by atoms with van der Waals surface area (Å²) < 4.78 is 35.0. The molecule has 0 aromatic heterocycles. The van der Waals surface area contributed by atoms with Gasteiger partial charge in [0.2, 0.25) is 5.62 Å². The molecule has 5 rings (SSSR count). The fraction of sp³-hybridized carbons (Fsp3) is 0.350. The van der Waals surface area contributed by atoms with E-state index in [1.54, 1.807) is 12.3 Å². The van der Waals surface area contributed by atoms with E-state index in [0.29, 0.717) is 30.3 Å². The van der Waals surface area contributed by atoms with Gasteiger partial charge in [-0.2, -0.15) is 4.98 Å². The lowest BCUT2D eigenvalue weighted by molar-refractivity contribution is 0.436. The van der Waals surface area contributed by atoms with Gasteiger partial charge < -0.3 is 19.9 Å². The predicted molar refractivity (Wildman–Crippen MR) is 103 cm³/mol. The van der Waals surface area contributed by atoms with Crippen molar-refractivity contribution < 1.29 is 13.5 Å². The minimum absolute atomic E-state index is 0.0420. The summed E-state index contributed by atoms with van der Waals surface area (Å²) in [6.07, 6.45) is 3.82. The van der Waals surface area contributed by atoms with Crippen molar-refractivity contribution in [1.29, 1.82) is 0 Å². The lowest BCUT2D eigenvalue weighted by atomic mass is 10.1. The normalized spacial score (nSPS) is 19.2. The topological polar surface area (TPSA) is 76.4 Å². The van der Waals surface area contributed by atoms with Crippen molar-refractivity contribution in [1.82, 2.24) is 19.9 Å². The zero-order valence-electron chi connectivity index (χ0n) is 15.7. The predicted octanol–water partition coefficient (Wildman–Crippen LogP) is 2.53. The van der Waals surface area contributed by atoms with E-state index < -0.39 is 11.6 Å². The quantitative estimate of drug-likeness (QED) is 0.709. The molecule has 0 radical (unpaired) electrons. The molecule has 1 unspecified atom stereocenters. The second-order valence-corrected chi connectivity index (χ2v) is 7.19. The minimum atomic E-state index is -0.756. The number of nitrogens with one attached hydrogen (secondary N) is 2. The van der Waals surface area contributed by atoms with E-state index in [-0.39, 0.29) is 11.8 Å². The van der Waals surface area contributed by atoms with E-state index in [1.807, 2.05) is 4.57 Å². The maximum Gasteiger partial charge on any atom is 0.246 e. The van der Waals surface area contributed by atoms with Gasteiger partial charge in [0.05, 0.1) is 6.04 Å². The second-order valence-electron chi connectivity index (χ2n) is 7.19. The maximum atomic E-state index is 14.0. The Hall–Kier alpha value is -3.07. The number of anilines is 1. The molecule has 1 atom stereocenters. The van der Waals surface area contributed by atoms with Gasteiger partial charge in [0.15, 0.2) is 23.1 Å². The van der Waals surface area contributed by atoms with E-state index >= 15 is 0 Å². The molecule has 2 N–H and O–H groups in total. The van der Waals surface area contributed by atoms with Gasteiger partial charge in [0.25, 0.3) is 0 Å². The van der Waals surface area contributed by atoms with E-state index in [0.717, 1.165) is 49.5 Å². The van der Waals surface area contributed by atoms with Crippen LogP contribution >= 0.6 is 0 Å². The van der Waals surface area contributed by atoms with Crippen molar-refractivity contribution >= 4 is 5.82 Å². The number of nitrogens with zero attached hydrogens (tertiary/aromatic N) is 4. The van der Waals surface area contributed by atoms with Crippen LogP contribution in [0.1, 0.15) is 12.8 Å². The highest BCUT2D eigenvalue weighted by molar-refractivity contribution is 5.68. The van der Waals surface area contributed by atoms with E-state index in [2.05, 4.69) is 25.6 Å². The molecule has 150 valence electrons. The Morgan fingerprint density at radius 2 is 2.10 bits per heavy atom. The summed E-state index contributed by atoms with van der Waals surface area (Å²) in [5.41, 5.74) is 1.22. The first-order chi connectivity index (χ1) is 14.2. The molecule has 0 amide bonds. The molecule has 0 saturated carbocycles. The van der Waals surface area contributed by atoms with Gasteiger partial charge in [0, 0.05) is 37.5 Å². The number of hydrogen-bond donors (Lipinski definition) is 2. The Labute approximate surface area is 165 Å². The molecule has 4 aliphatic rings. The van der Waals surface area contributed by atoms with Crippen LogP contribution in [0.2, 0.25) is 0 Å². The number of ether oxygens (including phenoxy) is 1. The van der Waals surface area contributed by atoms with Crippen molar-refractivity contribution in [2.75, 3.05) is 25.0 Å². The fourth-order valence-corrected chi connectivity index (χ4v) is 3.75. The first-order valence-corrected chi connectivity index (χ1v) is 9.69. The Morgan fingerprint density at radius 3 is 2.93 bits per heavy atom. The van der Waals surface area contributed by atoms with Gasteiger partial charge in [-0.1, -0.05) is 0 Å². The Morgan fingerprint density at radius 1 is 1.17 bits per heavy atom. The molecule has 1 fully saturated rings. The number of halogens is 2. The summed E-state index contributed by atoms with van der Waals surface area (Å²) in [7, 11) is 0. The lowest BCUT2D eigenvalue weighted by Gasteiger charge is -2.19. The molecule has 9 heteroatoms. The molecular formula is C20H20F2N6O. The highest BCUT2D eigenvalue weighted by atomic mass is 19.1. The SMILES string of the molecule is Fc1ccc(Oc2cc3cnc(=NC4CCCNC4)nc-3n3c2NCC3)c(F)c1. The van der Waals surface area contributed by atoms with Crippen LogP contribution in [0.15, 0.2) is 35.5 Å². The molecule has 4 heterocycles. The maximum absolute atomic E-state index is 14.0. The van der Waals surface area contributed by atoms with E-state index in [9.17, 15) is 8.78 Å². The highest BCUT2D eigenvalue weighted by Gasteiger charge is 2.23. The zero-order valence-corrected chi connectivity index (χ0v) is 15.7. The number of piperidine rings is 1. The van der Waals surface area contributed by atoms with Crippen molar-refractivity contribution in [2.24, 2.45) is 4.99 Å². The molecule has 4 aliphatic heterocycles. The molecular weight excluding hydrogens is 378 g/mol. The van der Waals surface area contributed by atoms with Crippen LogP contribution in [-0.2, 0) is 6.54 Å². The number of benzene rings is 1. The lowest BCUT2D eigenvalue weighted by Crippen LogP contribution is -2.34. The third kappa shape index (κ3) is 3.53. The number of hydrogen-bond acceptors (Lipinski definition) is 6. The Balaban J connectivity index is 1.55. The van der Waals surface area contributed by atoms with Gasteiger partial charge in [-0.15, -0.1) is 0 Å². The van der Waals surface area contributed by atoms with Crippen LogP contribution in [0, 0.1) is 11.6 Å². The number of pyridine rings is 1. The van der Waals surface area contributed by atoms with E-state index in [4.69, 9.17) is 4.74 Å². The summed E-state index contributed by atoms with van der Waals surface area (Å²) in [5.74, 6) is 0.432. The number of aromatic nitrogens is 3. The van der Waals surface area contributed by atoms with Gasteiger partial charge in [0.1, 0.15) is 11.6 Å². The van der Waals surface area contributed by atoms with E-state index in [1.165, 1.54) is 6.07 Å². The van der Waals surface area contributed by atoms with Gasteiger partial charge >= 0.3 is 0 Å². The molecule has 29 heavy (non-hydrogen) atoms. The standard InChI is InChI=1S/C20H20F2N6O/c21-13-3-4-16(15(22)9-13)29-17-8-12-10-25-20(26-14-2-1-5-23-11-14)27-18(12)28-7-6-24-19(17)28/h3-4,8-10,14,23-24H,1-2,5-7,11H2. The monoisotopic (exact) mass is 398 g/mol. The Bertz CT molecular complexity index is 1090. The summed E-state index contributed by atoms with van der Waals surface area (Å²) >= 11 is 0. The summed E-state index contributed by atoms with van der Waals surface area (Å²) in [4.78, 5) is 13.7. The number of rotatable bonds is 3. The molecule has 0 aliphatic carbocycles. The molecule has 0 spiro atoms. The van der Waals surface area contributed by atoms with Gasteiger partial charge in [-0.3, -0.25) is 0 Å². The van der Waals surface area contributed by atoms with Crippen LogP contribution in [0.3, 0.4) is 0 Å².